The molecule has 3 aliphatic carbocycles. The standard InChI is InChI=1S/C36H68/c1-7-15-32(25-34(24-23-27(3)4)31-20-10-9-11-21-31)33(16-8-2)26-36(35-22-14-17-28(35)5)29(6)30-18-12-13-19-30/h27-36H,7-26H2,1-6H3. The molecule has 0 aliphatic heterocycles. The van der Waals surface area contributed by atoms with Crippen molar-refractivity contribution in [2.24, 2.45) is 59.2 Å². The molecule has 0 saturated heterocycles. The summed E-state index contributed by atoms with van der Waals surface area (Å²) < 4.78 is 0. The molecular weight excluding hydrogens is 432 g/mol. The average Bonchev–Trinajstić information content (AvgIpc) is 3.56. The van der Waals surface area contributed by atoms with Crippen molar-refractivity contribution in [3.05, 3.63) is 0 Å². The maximum Gasteiger partial charge on any atom is -0.0352 e. The minimum atomic E-state index is 0.868. The van der Waals surface area contributed by atoms with Gasteiger partial charge in [-0.2, -0.15) is 0 Å². The molecule has 0 aromatic heterocycles. The van der Waals surface area contributed by atoms with Gasteiger partial charge in [-0.05, 0) is 84.9 Å². The maximum atomic E-state index is 2.72. The van der Waals surface area contributed by atoms with Gasteiger partial charge in [0.15, 0.2) is 0 Å². The fraction of sp³-hybridized carbons (Fsp3) is 1.00. The van der Waals surface area contributed by atoms with E-state index in [9.17, 15) is 0 Å². The van der Waals surface area contributed by atoms with Gasteiger partial charge < -0.3 is 0 Å². The highest BCUT2D eigenvalue weighted by Crippen LogP contribution is 2.49. The Morgan fingerprint density at radius 2 is 1.17 bits per heavy atom. The van der Waals surface area contributed by atoms with Crippen molar-refractivity contribution < 1.29 is 0 Å². The Bertz CT molecular complexity index is 550. The van der Waals surface area contributed by atoms with Crippen molar-refractivity contribution in [2.45, 2.75) is 170 Å². The summed E-state index contributed by atoms with van der Waals surface area (Å²) in [7, 11) is 0. The molecule has 0 spiro atoms. The molecule has 3 rings (SSSR count). The van der Waals surface area contributed by atoms with Gasteiger partial charge in [0.1, 0.15) is 0 Å². The zero-order chi connectivity index (χ0) is 25.9. The third kappa shape index (κ3) is 9.04. The highest BCUT2D eigenvalue weighted by atomic mass is 14.5. The minimum Gasteiger partial charge on any atom is -0.0654 e. The van der Waals surface area contributed by atoms with Crippen LogP contribution in [0.3, 0.4) is 0 Å². The molecule has 212 valence electrons. The zero-order valence-corrected chi connectivity index (χ0v) is 25.9. The van der Waals surface area contributed by atoms with Crippen LogP contribution >= 0.6 is 0 Å². The minimum absolute atomic E-state index is 0.868. The highest BCUT2D eigenvalue weighted by molar-refractivity contribution is 4.90. The topological polar surface area (TPSA) is 0 Å². The van der Waals surface area contributed by atoms with E-state index in [1.165, 1.54) is 96.3 Å². The maximum absolute atomic E-state index is 2.72. The van der Waals surface area contributed by atoms with Crippen LogP contribution in [0.2, 0.25) is 0 Å². The third-order valence-corrected chi connectivity index (χ3v) is 11.9. The lowest BCUT2D eigenvalue weighted by molar-refractivity contribution is 0.0858. The second-order valence-electron chi connectivity index (χ2n) is 14.8. The van der Waals surface area contributed by atoms with Gasteiger partial charge in [0.2, 0.25) is 0 Å². The monoisotopic (exact) mass is 501 g/mol. The first-order valence-corrected chi connectivity index (χ1v) is 17.4. The second kappa shape index (κ2) is 16.2. The molecule has 3 fully saturated rings. The lowest BCUT2D eigenvalue weighted by Gasteiger charge is -2.41. The van der Waals surface area contributed by atoms with Crippen LogP contribution < -0.4 is 0 Å². The molecule has 0 radical (unpaired) electrons. The van der Waals surface area contributed by atoms with Gasteiger partial charge in [0.05, 0.1) is 0 Å². The molecule has 7 atom stereocenters. The number of hydrogen-bond donors (Lipinski definition) is 0. The Labute approximate surface area is 228 Å². The molecule has 3 saturated carbocycles. The molecule has 0 amide bonds. The fourth-order valence-electron chi connectivity index (χ4n) is 9.69. The lowest BCUT2D eigenvalue weighted by atomic mass is 9.64. The molecule has 0 nitrogen and oxygen atoms in total. The number of hydrogen-bond acceptors (Lipinski definition) is 0. The largest absolute Gasteiger partial charge is 0.0654 e. The Kier molecular flexibility index (Phi) is 13.7. The zero-order valence-electron chi connectivity index (χ0n) is 25.9. The van der Waals surface area contributed by atoms with Crippen LogP contribution in [0, 0.1) is 59.2 Å². The van der Waals surface area contributed by atoms with Gasteiger partial charge >= 0.3 is 0 Å². The molecular formula is C36H68. The summed E-state index contributed by atoms with van der Waals surface area (Å²) in [4.78, 5) is 0. The van der Waals surface area contributed by atoms with Gasteiger partial charge in [-0.15, -0.1) is 0 Å². The summed E-state index contributed by atoms with van der Waals surface area (Å²) in [5.74, 6) is 9.92. The van der Waals surface area contributed by atoms with Crippen molar-refractivity contribution in [3.63, 3.8) is 0 Å². The Balaban J connectivity index is 1.78. The van der Waals surface area contributed by atoms with E-state index in [-0.39, 0.29) is 0 Å². The van der Waals surface area contributed by atoms with Gasteiger partial charge in [0, 0.05) is 0 Å². The van der Waals surface area contributed by atoms with E-state index in [2.05, 4.69) is 41.5 Å². The van der Waals surface area contributed by atoms with E-state index in [0.29, 0.717) is 0 Å². The van der Waals surface area contributed by atoms with Crippen LogP contribution in [0.5, 0.6) is 0 Å². The predicted octanol–water partition coefficient (Wildman–Crippen LogP) is 12.1. The first-order valence-electron chi connectivity index (χ1n) is 17.4. The average molecular weight is 501 g/mol. The second-order valence-corrected chi connectivity index (χ2v) is 14.8. The third-order valence-electron chi connectivity index (χ3n) is 11.9. The van der Waals surface area contributed by atoms with E-state index in [4.69, 9.17) is 0 Å². The quantitative estimate of drug-likeness (QED) is 0.198. The van der Waals surface area contributed by atoms with E-state index in [1.54, 1.807) is 32.1 Å². The van der Waals surface area contributed by atoms with E-state index in [1.807, 2.05) is 0 Å². The van der Waals surface area contributed by atoms with Gasteiger partial charge in [-0.25, -0.2) is 0 Å². The van der Waals surface area contributed by atoms with E-state index >= 15 is 0 Å². The Hall–Kier alpha value is 0. The summed E-state index contributed by atoms with van der Waals surface area (Å²) in [6, 6.07) is 0. The predicted molar refractivity (Wildman–Crippen MR) is 161 cm³/mol. The van der Waals surface area contributed by atoms with Crippen LogP contribution in [-0.2, 0) is 0 Å². The van der Waals surface area contributed by atoms with Crippen molar-refractivity contribution in [1.82, 2.24) is 0 Å². The first kappa shape index (κ1) is 30.5. The van der Waals surface area contributed by atoms with Gasteiger partial charge in [-0.1, -0.05) is 144 Å². The normalized spacial score (nSPS) is 28.4. The molecule has 36 heavy (non-hydrogen) atoms. The molecule has 0 aromatic rings. The SMILES string of the molecule is CCCC(CC(CCC(C)C)C1CCCCC1)C(CCC)CC(C(C)C1CCCC1)C1CCCC1C. The van der Waals surface area contributed by atoms with E-state index < -0.39 is 0 Å². The van der Waals surface area contributed by atoms with Crippen LogP contribution in [0.25, 0.3) is 0 Å². The van der Waals surface area contributed by atoms with E-state index in [0.717, 1.165) is 59.2 Å². The first-order chi connectivity index (χ1) is 17.4. The number of rotatable bonds is 16. The summed E-state index contributed by atoms with van der Waals surface area (Å²) >= 11 is 0. The highest BCUT2D eigenvalue weighted by Gasteiger charge is 2.40. The van der Waals surface area contributed by atoms with Crippen molar-refractivity contribution >= 4 is 0 Å². The molecule has 3 aliphatic rings. The van der Waals surface area contributed by atoms with Gasteiger partial charge in [0.25, 0.3) is 0 Å². The van der Waals surface area contributed by atoms with Gasteiger partial charge in [-0.3, -0.25) is 0 Å². The van der Waals surface area contributed by atoms with Crippen LogP contribution in [0.15, 0.2) is 0 Å². The fourth-order valence-corrected chi connectivity index (χ4v) is 9.69. The summed E-state index contributed by atoms with van der Waals surface area (Å²) in [5.41, 5.74) is 0. The van der Waals surface area contributed by atoms with Crippen molar-refractivity contribution in [2.75, 3.05) is 0 Å². The summed E-state index contributed by atoms with van der Waals surface area (Å²) in [6.07, 6.45) is 30.2. The smallest absolute Gasteiger partial charge is 0.0352 e. The molecule has 7 unspecified atom stereocenters. The molecule has 0 bridgehead atoms. The Morgan fingerprint density at radius 1 is 0.583 bits per heavy atom. The molecule has 0 N–H and O–H groups in total. The summed E-state index contributed by atoms with van der Waals surface area (Å²) in [6.45, 7) is 15.2. The van der Waals surface area contributed by atoms with Crippen LogP contribution in [-0.4, -0.2) is 0 Å². The molecule has 0 heteroatoms. The van der Waals surface area contributed by atoms with Crippen LogP contribution in [0.4, 0.5) is 0 Å². The molecule has 0 aromatic carbocycles. The van der Waals surface area contributed by atoms with Crippen LogP contribution in [0.1, 0.15) is 170 Å². The summed E-state index contributed by atoms with van der Waals surface area (Å²) in [5, 5.41) is 0. The van der Waals surface area contributed by atoms with Crippen molar-refractivity contribution in [1.29, 1.82) is 0 Å². The van der Waals surface area contributed by atoms with Crippen molar-refractivity contribution in [3.8, 4) is 0 Å². The molecule has 0 heterocycles. The Morgan fingerprint density at radius 3 is 1.72 bits per heavy atom. The lowest BCUT2D eigenvalue weighted by Crippen LogP contribution is -2.33.